The average molecular weight is 231 g/mol. The highest BCUT2D eigenvalue weighted by Gasteiger charge is 2.21. The van der Waals surface area contributed by atoms with E-state index in [1.807, 2.05) is 18.2 Å². The van der Waals surface area contributed by atoms with Crippen LogP contribution in [-0.4, -0.2) is 17.4 Å². The Hall–Kier alpha value is -1.68. The number of nitrogens with zero attached hydrogens (tertiary/aromatic N) is 1. The monoisotopic (exact) mass is 231 g/mol. The summed E-state index contributed by atoms with van der Waals surface area (Å²) in [5.74, 6) is 0.752. The predicted octanol–water partition coefficient (Wildman–Crippen LogP) is 2.31. The van der Waals surface area contributed by atoms with Crippen molar-refractivity contribution in [1.82, 2.24) is 4.98 Å². The summed E-state index contributed by atoms with van der Waals surface area (Å²) in [6.45, 7) is 0.669. The van der Waals surface area contributed by atoms with Crippen LogP contribution in [0.1, 0.15) is 20.8 Å². The van der Waals surface area contributed by atoms with E-state index in [0.29, 0.717) is 17.0 Å². The molecule has 0 unspecified atom stereocenters. The van der Waals surface area contributed by atoms with E-state index in [-0.39, 0.29) is 5.78 Å². The summed E-state index contributed by atoms with van der Waals surface area (Å²) in [6, 6.07) is 5.72. The fourth-order valence-corrected chi connectivity index (χ4v) is 2.43. The number of ketones is 1. The molecule has 1 aliphatic rings. The second-order valence-corrected chi connectivity index (χ2v) is 4.47. The molecule has 0 aliphatic carbocycles. The fourth-order valence-electron chi connectivity index (χ4n) is 1.85. The lowest BCUT2D eigenvalue weighted by Gasteiger charge is -2.05. The van der Waals surface area contributed by atoms with Gasteiger partial charge in [0, 0.05) is 12.6 Å². The number of fused-ring (bicyclic) bond motifs is 1. The highest BCUT2D eigenvalue weighted by Crippen LogP contribution is 2.31. The van der Waals surface area contributed by atoms with Gasteiger partial charge in [-0.1, -0.05) is 12.1 Å². The molecule has 1 aromatic heterocycles. The van der Waals surface area contributed by atoms with Gasteiger partial charge in [-0.25, -0.2) is 0 Å². The van der Waals surface area contributed by atoms with Gasteiger partial charge in [0.15, 0.2) is 0 Å². The summed E-state index contributed by atoms with van der Waals surface area (Å²) < 4.78 is 5.51. The second kappa shape index (κ2) is 3.72. The molecule has 0 bridgehead atoms. The number of hydrogen-bond acceptors (Lipinski definition) is 4. The molecular formula is C12H9NO2S. The topological polar surface area (TPSA) is 39.2 Å². The summed E-state index contributed by atoms with van der Waals surface area (Å²) in [5.41, 5.74) is 3.44. The number of rotatable bonds is 2. The van der Waals surface area contributed by atoms with Crippen molar-refractivity contribution in [3.8, 4) is 5.75 Å². The van der Waals surface area contributed by atoms with Gasteiger partial charge in [-0.2, -0.15) is 0 Å². The maximum absolute atomic E-state index is 12.2. The van der Waals surface area contributed by atoms with Gasteiger partial charge in [0.1, 0.15) is 5.75 Å². The van der Waals surface area contributed by atoms with Crippen LogP contribution in [-0.2, 0) is 6.42 Å². The van der Waals surface area contributed by atoms with Gasteiger partial charge in [-0.3, -0.25) is 9.78 Å². The summed E-state index contributed by atoms with van der Waals surface area (Å²) in [7, 11) is 0. The quantitative estimate of drug-likeness (QED) is 0.744. The maximum atomic E-state index is 12.2. The molecule has 2 heterocycles. The number of carbonyl (C=O) groups is 1. The third kappa shape index (κ3) is 1.42. The Morgan fingerprint density at radius 2 is 2.38 bits per heavy atom. The zero-order valence-corrected chi connectivity index (χ0v) is 9.29. The van der Waals surface area contributed by atoms with Crippen molar-refractivity contribution < 1.29 is 9.53 Å². The molecule has 0 saturated heterocycles. The SMILES string of the molecule is O=C(c1cncs1)c1cccc2c1OCC2. The Kier molecular flexibility index (Phi) is 2.22. The fraction of sp³-hybridized carbons (Fsp3) is 0.167. The van der Waals surface area contributed by atoms with E-state index < -0.39 is 0 Å². The largest absolute Gasteiger partial charge is 0.492 e. The predicted molar refractivity (Wildman–Crippen MR) is 61.2 cm³/mol. The van der Waals surface area contributed by atoms with Crippen molar-refractivity contribution in [2.45, 2.75) is 6.42 Å². The number of para-hydroxylation sites is 1. The van der Waals surface area contributed by atoms with Crippen LogP contribution in [0.3, 0.4) is 0 Å². The van der Waals surface area contributed by atoms with Crippen LogP contribution in [0, 0.1) is 0 Å². The van der Waals surface area contributed by atoms with E-state index >= 15 is 0 Å². The first-order valence-electron chi connectivity index (χ1n) is 5.04. The van der Waals surface area contributed by atoms with Crippen LogP contribution in [0.5, 0.6) is 5.75 Å². The Balaban J connectivity index is 2.08. The number of ether oxygens (including phenoxy) is 1. The molecule has 0 fully saturated rings. The van der Waals surface area contributed by atoms with E-state index in [1.165, 1.54) is 11.3 Å². The summed E-state index contributed by atoms with van der Waals surface area (Å²) in [4.78, 5) is 16.7. The smallest absolute Gasteiger partial charge is 0.208 e. The van der Waals surface area contributed by atoms with Crippen LogP contribution >= 0.6 is 11.3 Å². The van der Waals surface area contributed by atoms with Crippen LogP contribution in [0.25, 0.3) is 0 Å². The molecule has 3 rings (SSSR count). The normalized spacial score (nSPS) is 13.2. The summed E-state index contributed by atoms with van der Waals surface area (Å²) in [5, 5.41) is 0. The summed E-state index contributed by atoms with van der Waals surface area (Å²) >= 11 is 1.36. The van der Waals surface area contributed by atoms with Crippen molar-refractivity contribution in [3.05, 3.63) is 45.9 Å². The average Bonchev–Trinajstić information content (AvgIpc) is 2.98. The lowest BCUT2D eigenvalue weighted by Crippen LogP contribution is -2.01. The number of aromatic nitrogens is 1. The van der Waals surface area contributed by atoms with Crippen molar-refractivity contribution in [2.75, 3.05) is 6.61 Å². The van der Waals surface area contributed by atoms with Crippen molar-refractivity contribution in [2.24, 2.45) is 0 Å². The first-order valence-corrected chi connectivity index (χ1v) is 5.92. The van der Waals surface area contributed by atoms with Crippen LogP contribution < -0.4 is 4.74 Å². The summed E-state index contributed by atoms with van der Waals surface area (Å²) in [6.07, 6.45) is 2.49. The minimum absolute atomic E-state index is 0.00116. The van der Waals surface area contributed by atoms with Gasteiger partial charge in [0.25, 0.3) is 0 Å². The standard InChI is InChI=1S/C12H9NO2S/c14-11(10-6-13-7-16-10)9-3-1-2-8-4-5-15-12(8)9/h1-3,6-7H,4-5H2. The van der Waals surface area contributed by atoms with E-state index in [2.05, 4.69) is 4.98 Å². The van der Waals surface area contributed by atoms with Crippen LogP contribution in [0.15, 0.2) is 29.9 Å². The van der Waals surface area contributed by atoms with E-state index in [1.54, 1.807) is 11.7 Å². The Morgan fingerprint density at radius 1 is 1.44 bits per heavy atom. The lowest BCUT2D eigenvalue weighted by atomic mass is 10.0. The zero-order chi connectivity index (χ0) is 11.0. The van der Waals surface area contributed by atoms with E-state index in [0.717, 1.165) is 17.7 Å². The first kappa shape index (κ1) is 9.54. The number of thiazole rings is 1. The molecule has 16 heavy (non-hydrogen) atoms. The molecule has 80 valence electrons. The van der Waals surface area contributed by atoms with Crippen molar-refractivity contribution >= 4 is 17.1 Å². The van der Waals surface area contributed by atoms with Gasteiger partial charge < -0.3 is 4.74 Å². The van der Waals surface area contributed by atoms with Gasteiger partial charge in [0.05, 0.1) is 22.6 Å². The van der Waals surface area contributed by atoms with Crippen molar-refractivity contribution in [3.63, 3.8) is 0 Å². The minimum Gasteiger partial charge on any atom is -0.492 e. The molecule has 0 N–H and O–H groups in total. The molecule has 4 heteroatoms. The van der Waals surface area contributed by atoms with Crippen molar-refractivity contribution in [1.29, 1.82) is 0 Å². The highest BCUT2D eigenvalue weighted by molar-refractivity contribution is 7.11. The second-order valence-electron chi connectivity index (χ2n) is 3.59. The molecule has 1 aliphatic heterocycles. The maximum Gasteiger partial charge on any atom is 0.208 e. The molecule has 1 aromatic carbocycles. The Morgan fingerprint density at radius 3 is 3.19 bits per heavy atom. The van der Waals surface area contributed by atoms with Crippen LogP contribution in [0.2, 0.25) is 0 Å². The third-order valence-corrected chi connectivity index (χ3v) is 3.39. The van der Waals surface area contributed by atoms with Gasteiger partial charge in [0.2, 0.25) is 5.78 Å². The molecule has 0 amide bonds. The zero-order valence-electron chi connectivity index (χ0n) is 8.47. The number of hydrogen-bond donors (Lipinski definition) is 0. The van der Waals surface area contributed by atoms with Crippen LogP contribution in [0.4, 0.5) is 0 Å². The Labute approximate surface area is 96.7 Å². The number of carbonyl (C=O) groups excluding carboxylic acids is 1. The minimum atomic E-state index is 0.00116. The van der Waals surface area contributed by atoms with Gasteiger partial charge in [-0.05, 0) is 11.6 Å². The molecule has 3 nitrogen and oxygen atoms in total. The number of benzene rings is 1. The van der Waals surface area contributed by atoms with E-state index in [4.69, 9.17) is 4.74 Å². The van der Waals surface area contributed by atoms with Gasteiger partial charge >= 0.3 is 0 Å². The Bertz CT molecular complexity index is 534. The molecule has 0 saturated carbocycles. The highest BCUT2D eigenvalue weighted by atomic mass is 32.1. The van der Waals surface area contributed by atoms with E-state index in [9.17, 15) is 4.79 Å². The molecular weight excluding hydrogens is 222 g/mol. The molecule has 0 spiro atoms. The first-order chi connectivity index (χ1) is 7.86. The lowest BCUT2D eigenvalue weighted by molar-refractivity contribution is 0.103. The molecule has 0 atom stereocenters. The van der Waals surface area contributed by atoms with Gasteiger partial charge in [-0.15, -0.1) is 11.3 Å². The molecule has 0 radical (unpaired) electrons. The third-order valence-electron chi connectivity index (χ3n) is 2.62. The molecule has 2 aromatic rings.